The molecule has 1 heterocycles. The van der Waals surface area contributed by atoms with Crippen LogP contribution in [-0.2, 0) is 11.0 Å². The van der Waals surface area contributed by atoms with Gasteiger partial charge in [-0.25, -0.2) is 4.98 Å². The lowest BCUT2D eigenvalue weighted by Gasteiger charge is -2.18. The Hall–Kier alpha value is -1.18. The van der Waals surface area contributed by atoms with Crippen LogP contribution in [0.1, 0.15) is 43.2 Å². The van der Waals surface area contributed by atoms with E-state index in [-0.39, 0.29) is 0 Å². The first-order chi connectivity index (χ1) is 7.85. The molecule has 0 spiro atoms. The van der Waals surface area contributed by atoms with Crippen molar-refractivity contribution >= 4 is 9.76 Å². The first-order valence-electron chi connectivity index (χ1n) is 5.78. The van der Waals surface area contributed by atoms with Gasteiger partial charge in [-0.1, -0.05) is 20.8 Å². The van der Waals surface area contributed by atoms with Crippen molar-refractivity contribution in [2.24, 2.45) is 0 Å². The Kier molecular flexibility index (Phi) is 4.44. The van der Waals surface area contributed by atoms with Gasteiger partial charge < -0.3 is 4.43 Å². The van der Waals surface area contributed by atoms with Crippen LogP contribution >= 0.6 is 0 Å². The zero-order valence-corrected chi connectivity index (χ0v) is 12.7. The summed E-state index contributed by atoms with van der Waals surface area (Å²) < 4.78 is 5.85. The lowest BCUT2D eigenvalue weighted by molar-refractivity contribution is 0.307. The Morgan fingerprint density at radius 1 is 1.41 bits per heavy atom. The van der Waals surface area contributed by atoms with Gasteiger partial charge in [-0.05, 0) is 35.6 Å². The molecule has 0 saturated heterocycles. The van der Waals surface area contributed by atoms with Gasteiger partial charge in [-0.3, -0.25) is 0 Å². The van der Waals surface area contributed by atoms with E-state index < -0.39 is 9.76 Å². The number of aromatic nitrogens is 1. The molecule has 3 nitrogen and oxygen atoms in total. The monoisotopic (exact) mass is 248 g/mol. The van der Waals surface area contributed by atoms with Crippen molar-refractivity contribution in [2.45, 2.75) is 46.3 Å². The molecule has 0 fully saturated rings. The highest BCUT2D eigenvalue weighted by Crippen LogP contribution is 2.22. The van der Waals surface area contributed by atoms with E-state index >= 15 is 0 Å². The minimum Gasteiger partial charge on any atom is -0.419 e. The van der Waals surface area contributed by atoms with Gasteiger partial charge in [0.15, 0.2) is 9.76 Å². The van der Waals surface area contributed by atoms with E-state index in [0.29, 0.717) is 17.3 Å². The van der Waals surface area contributed by atoms with Gasteiger partial charge in [0.1, 0.15) is 11.8 Å². The summed E-state index contributed by atoms with van der Waals surface area (Å²) in [6.45, 7) is 11.2. The summed E-state index contributed by atoms with van der Waals surface area (Å²) in [5.74, 6) is 0. The van der Waals surface area contributed by atoms with Gasteiger partial charge in [0.2, 0.25) is 0 Å². The fourth-order valence-electron chi connectivity index (χ4n) is 1.57. The van der Waals surface area contributed by atoms with Crippen LogP contribution in [0.4, 0.5) is 0 Å². The van der Waals surface area contributed by atoms with Crippen LogP contribution in [0.2, 0.25) is 5.04 Å². The lowest BCUT2D eigenvalue weighted by Crippen LogP contribution is -2.13. The Balaban J connectivity index is 2.81. The van der Waals surface area contributed by atoms with E-state index in [9.17, 15) is 0 Å². The largest absolute Gasteiger partial charge is 0.419 e. The first-order valence-corrected chi connectivity index (χ1v) is 7.06. The van der Waals surface area contributed by atoms with Gasteiger partial charge in [0.05, 0.1) is 6.61 Å². The standard InChI is InChI=1S/C13H20N2OSi/c1-9-7-15-12(6-14)10(2)11(9)8-16-17-13(3,4)5/h7H,8,17H2,1-5H3. The normalized spacial score (nSPS) is 12.0. The number of hydrogen-bond donors (Lipinski definition) is 0. The van der Waals surface area contributed by atoms with Gasteiger partial charge in [-0.2, -0.15) is 5.26 Å². The molecule has 0 aliphatic heterocycles. The fourth-order valence-corrected chi connectivity index (χ4v) is 2.49. The summed E-state index contributed by atoms with van der Waals surface area (Å²) in [7, 11) is -0.548. The van der Waals surface area contributed by atoms with Crippen LogP contribution in [0.25, 0.3) is 0 Å². The van der Waals surface area contributed by atoms with E-state index in [1.54, 1.807) is 6.20 Å². The predicted molar refractivity (Wildman–Crippen MR) is 71.5 cm³/mol. The Morgan fingerprint density at radius 3 is 2.59 bits per heavy atom. The molecule has 4 heteroatoms. The van der Waals surface area contributed by atoms with Crippen LogP contribution in [0.3, 0.4) is 0 Å². The molecule has 1 rings (SSSR count). The Labute approximate surface area is 106 Å². The third-order valence-electron chi connectivity index (χ3n) is 2.56. The fraction of sp³-hybridized carbons (Fsp3) is 0.538. The second-order valence-electron chi connectivity index (χ2n) is 5.56. The quantitative estimate of drug-likeness (QED) is 0.772. The van der Waals surface area contributed by atoms with Crippen molar-refractivity contribution in [3.63, 3.8) is 0 Å². The second-order valence-corrected chi connectivity index (χ2v) is 8.38. The second kappa shape index (κ2) is 5.43. The van der Waals surface area contributed by atoms with E-state index in [1.807, 2.05) is 13.8 Å². The van der Waals surface area contributed by atoms with Crippen molar-refractivity contribution in [3.8, 4) is 6.07 Å². The van der Waals surface area contributed by atoms with Gasteiger partial charge in [0, 0.05) is 6.20 Å². The third kappa shape index (κ3) is 3.95. The third-order valence-corrected chi connectivity index (χ3v) is 3.83. The summed E-state index contributed by atoms with van der Waals surface area (Å²) in [6.07, 6.45) is 1.75. The SMILES string of the molecule is Cc1cnc(C#N)c(C)c1CO[SiH2]C(C)(C)C. The summed E-state index contributed by atoms with van der Waals surface area (Å²) in [4.78, 5) is 4.11. The predicted octanol–water partition coefficient (Wildman–Crippen LogP) is 2.39. The maximum absolute atomic E-state index is 8.94. The van der Waals surface area contributed by atoms with E-state index in [0.717, 1.165) is 16.7 Å². The van der Waals surface area contributed by atoms with Gasteiger partial charge in [-0.15, -0.1) is 0 Å². The topological polar surface area (TPSA) is 45.9 Å². The molecule has 1 aromatic rings. The zero-order valence-electron chi connectivity index (χ0n) is 11.3. The number of rotatable bonds is 3. The van der Waals surface area contributed by atoms with Crippen molar-refractivity contribution in [1.82, 2.24) is 4.98 Å². The molecule has 0 aliphatic rings. The molecule has 0 aliphatic carbocycles. The average Bonchev–Trinajstić information content (AvgIpc) is 2.21. The van der Waals surface area contributed by atoms with Crippen molar-refractivity contribution < 1.29 is 4.43 Å². The summed E-state index contributed by atoms with van der Waals surface area (Å²) in [5, 5.41) is 9.24. The van der Waals surface area contributed by atoms with Crippen molar-refractivity contribution in [2.75, 3.05) is 0 Å². The molecule has 0 bridgehead atoms. The molecule has 17 heavy (non-hydrogen) atoms. The number of nitriles is 1. The van der Waals surface area contributed by atoms with Crippen LogP contribution in [0.15, 0.2) is 6.20 Å². The molecular weight excluding hydrogens is 228 g/mol. The van der Waals surface area contributed by atoms with Gasteiger partial charge >= 0.3 is 0 Å². The van der Waals surface area contributed by atoms with Crippen LogP contribution in [0.5, 0.6) is 0 Å². The highest BCUT2D eigenvalue weighted by molar-refractivity contribution is 6.31. The van der Waals surface area contributed by atoms with E-state index in [2.05, 4.69) is 31.8 Å². The number of pyridine rings is 1. The van der Waals surface area contributed by atoms with Gasteiger partial charge in [0.25, 0.3) is 0 Å². The first kappa shape index (κ1) is 13.9. The minimum absolute atomic E-state index is 0.299. The molecule has 0 unspecified atom stereocenters. The lowest BCUT2D eigenvalue weighted by atomic mass is 10.0. The van der Waals surface area contributed by atoms with Crippen molar-refractivity contribution in [3.05, 3.63) is 28.6 Å². The highest BCUT2D eigenvalue weighted by atomic mass is 28.2. The van der Waals surface area contributed by atoms with Crippen LogP contribution in [-0.4, -0.2) is 14.7 Å². The summed E-state index contributed by atoms with van der Waals surface area (Å²) in [5.41, 5.74) is 3.68. The molecule has 92 valence electrons. The molecule has 0 saturated carbocycles. The molecular formula is C13H20N2OSi. The molecule has 0 N–H and O–H groups in total. The Morgan fingerprint density at radius 2 is 2.06 bits per heavy atom. The highest BCUT2D eigenvalue weighted by Gasteiger charge is 2.13. The molecule has 0 radical (unpaired) electrons. The maximum Gasteiger partial charge on any atom is 0.167 e. The zero-order chi connectivity index (χ0) is 13.1. The van der Waals surface area contributed by atoms with E-state index in [1.165, 1.54) is 0 Å². The average molecular weight is 248 g/mol. The molecule has 0 amide bonds. The Bertz CT molecular complexity index is 444. The number of aryl methyl sites for hydroxylation is 1. The summed E-state index contributed by atoms with van der Waals surface area (Å²) in [6, 6.07) is 2.11. The smallest absolute Gasteiger partial charge is 0.167 e. The minimum atomic E-state index is -0.548. The number of nitrogens with zero attached hydrogens (tertiary/aromatic N) is 2. The van der Waals surface area contributed by atoms with Crippen LogP contribution < -0.4 is 0 Å². The summed E-state index contributed by atoms with van der Waals surface area (Å²) >= 11 is 0. The molecule has 1 aromatic heterocycles. The van der Waals surface area contributed by atoms with Crippen molar-refractivity contribution in [1.29, 1.82) is 5.26 Å². The maximum atomic E-state index is 8.94. The van der Waals surface area contributed by atoms with E-state index in [4.69, 9.17) is 9.69 Å². The molecule has 0 atom stereocenters. The molecule has 0 aromatic carbocycles. The van der Waals surface area contributed by atoms with Crippen LogP contribution in [0, 0.1) is 25.2 Å². The number of hydrogen-bond acceptors (Lipinski definition) is 3.